The van der Waals surface area contributed by atoms with Crippen molar-refractivity contribution in [2.75, 3.05) is 0 Å². The van der Waals surface area contributed by atoms with Crippen LogP contribution in [0.2, 0.25) is 0 Å². The highest BCUT2D eigenvalue weighted by Gasteiger charge is 2.28. The molecule has 0 radical (unpaired) electrons. The minimum Gasteiger partial charge on any atom is -0.249 e. The van der Waals surface area contributed by atoms with E-state index in [0.717, 1.165) is 67.9 Å². The van der Waals surface area contributed by atoms with Gasteiger partial charge in [-0.2, -0.15) is 0 Å². The Morgan fingerprint density at radius 3 is 1.47 bits per heavy atom. The van der Waals surface area contributed by atoms with Gasteiger partial charge in [-0.25, -0.2) is 20.0 Å². The second-order valence-corrected chi connectivity index (χ2v) is 9.72. The summed E-state index contributed by atoms with van der Waals surface area (Å²) in [6.45, 7) is 4.31. The van der Waals surface area contributed by atoms with E-state index in [2.05, 4.69) is 74.5 Å². The van der Waals surface area contributed by atoms with Crippen LogP contribution in [0.1, 0.15) is 22.3 Å². The van der Waals surface area contributed by atoms with E-state index < -0.39 is 0 Å². The summed E-state index contributed by atoms with van der Waals surface area (Å²) >= 11 is 0. The first kappa shape index (κ1) is 22.3. The largest absolute Gasteiger partial charge is 0.249 e. The third kappa shape index (κ3) is 3.97. The summed E-state index contributed by atoms with van der Waals surface area (Å²) in [5.41, 5.74) is 14.0. The first-order valence-electron chi connectivity index (χ1n) is 12.7. The van der Waals surface area contributed by atoms with Crippen LogP contribution in [0.25, 0.3) is 11.1 Å². The monoisotopic (exact) mass is 488 g/mol. The van der Waals surface area contributed by atoms with E-state index in [9.17, 15) is 0 Å². The minimum atomic E-state index is 0.866. The van der Waals surface area contributed by atoms with Gasteiger partial charge < -0.3 is 0 Å². The second-order valence-electron chi connectivity index (χ2n) is 9.72. The molecule has 180 valence electrons. The zero-order chi connectivity index (χ0) is 25.6. The topological polar surface area (TPSA) is 49.4 Å². The fraction of sp³-hybridized carbons (Fsp3) is 0.0588. The van der Waals surface area contributed by atoms with Crippen molar-refractivity contribution in [3.63, 3.8) is 0 Å². The Kier molecular flexibility index (Phi) is 5.19. The number of benzene rings is 2. The summed E-state index contributed by atoms with van der Waals surface area (Å²) in [6, 6.07) is 17.0. The zero-order valence-electron chi connectivity index (χ0n) is 21.2. The van der Waals surface area contributed by atoms with Crippen LogP contribution in [0.4, 0.5) is 0 Å². The highest BCUT2D eigenvalue weighted by atomic mass is 14.8. The molecule has 0 aromatic heterocycles. The summed E-state index contributed by atoms with van der Waals surface area (Å²) < 4.78 is 0. The summed E-state index contributed by atoms with van der Waals surface area (Å²) in [5.74, 6) is 0. The SMILES string of the molecule is Cc1ccccc1C1=C(c2ccccc2C)C2=NC1=CC1=NC(=CC3=NC(=CC4=NC(=C2)C=C4)C=C3)C=C1. The molecule has 0 spiro atoms. The Hall–Kier alpha value is -4.96. The number of aryl methyl sites for hydroxylation is 2. The van der Waals surface area contributed by atoms with Crippen molar-refractivity contribution in [2.24, 2.45) is 20.0 Å². The highest BCUT2D eigenvalue weighted by Crippen LogP contribution is 2.42. The summed E-state index contributed by atoms with van der Waals surface area (Å²) in [5, 5.41) is 0. The first-order valence-corrected chi connectivity index (χ1v) is 12.7. The van der Waals surface area contributed by atoms with Gasteiger partial charge >= 0.3 is 0 Å². The molecule has 8 bridgehead atoms. The fourth-order valence-corrected chi connectivity index (χ4v) is 5.21. The average Bonchev–Trinajstić information content (AvgIpc) is 3.70. The lowest BCUT2D eigenvalue weighted by Gasteiger charge is -2.14. The van der Waals surface area contributed by atoms with E-state index in [0.29, 0.717) is 0 Å². The van der Waals surface area contributed by atoms with Gasteiger partial charge in [-0.3, -0.25) is 0 Å². The predicted octanol–water partition coefficient (Wildman–Crippen LogP) is 7.25. The van der Waals surface area contributed by atoms with Crippen LogP contribution in [0, 0.1) is 13.8 Å². The van der Waals surface area contributed by atoms with Crippen LogP contribution in [0.15, 0.2) is 152 Å². The van der Waals surface area contributed by atoms with Crippen LogP contribution in [0.5, 0.6) is 0 Å². The van der Waals surface area contributed by atoms with Gasteiger partial charge in [0.1, 0.15) is 0 Å². The van der Waals surface area contributed by atoms with Crippen molar-refractivity contribution in [1.29, 1.82) is 0 Å². The summed E-state index contributed by atoms with van der Waals surface area (Å²) in [7, 11) is 0. The minimum absolute atomic E-state index is 0.866. The first-order chi connectivity index (χ1) is 18.6. The van der Waals surface area contributed by atoms with Crippen molar-refractivity contribution in [1.82, 2.24) is 0 Å². The van der Waals surface area contributed by atoms with Crippen LogP contribution in [-0.2, 0) is 0 Å². The quantitative estimate of drug-likeness (QED) is 0.428. The lowest BCUT2D eigenvalue weighted by molar-refractivity contribution is 1.38. The van der Waals surface area contributed by atoms with Crippen LogP contribution in [0.3, 0.4) is 0 Å². The molecule has 0 fully saturated rings. The number of rotatable bonds is 2. The maximum atomic E-state index is 5.23. The normalized spacial score (nSPS) is 19.1. The molecular weight excluding hydrogens is 464 g/mol. The third-order valence-electron chi connectivity index (χ3n) is 7.04. The van der Waals surface area contributed by atoms with Crippen LogP contribution in [-0.4, -0.2) is 22.8 Å². The fourth-order valence-electron chi connectivity index (χ4n) is 5.21. The number of hydrogen-bond donors (Lipinski definition) is 0. The number of fused-ring (bicyclic) bond motifs is 4. The van der Waals surface area contributed by atoms with Gasteiger partial charge in [0.05, 0.1) is 45.6 Å². The van der Waals surface area contributed by atoms with E-state index in [1.54, 1.807) is 0 Å². The van der Waals surface area contributed by atoms with Crippen LogP contribution >= 0.6 is 0 Å². The van der Waals surface area contributed by atoms with E-state index in [1.165, 1.54) is 11.1 Å². The van der Waals surface area contributed by atoms with Crippen molar-refractivity contribution >= 4 is 34.0 Å². The van der Waals surface area contributed by atoms with Gasteiger partial charge in [0, 0.05) is 11.1 Å². The Balaban J connectivity index is 1.52. The lowest BCUT2D eigenvalue weighted by atomic mass is 9.88. The van der Waals surface area contributed by atoms with E-state index in [1.807, 2.05) is 48.6 Å². The number of allylic oxidation sites excluding steroid dienone is 12. The molecular formula is C34H24N4. The molecule has 2 aromatic carbocycles. The summed E-state index contributed by atoms with van der Waals surface area (Å²) in [4.78, 5) is 19.7. The summed E-state index contributed by atoms with van der Waals surface area (Å²) in [6.07, 6.45) is 20.3. The Bertz CT molecular complexity index is 1800. The molecule has 0 amide bonds. The average molecular weight is 489 g/mol. The number of hydrogen-bond acceptors (Lipinski definition) is 4. The second kappa shape index (κ2) is 8.86. The van der Waals surface area contributed by atoms with E-state index in [-0.39, 0.29) is 0 Å². The van der Waals surface area contributed by atoms with Crippen molar-refractivity contribution in [3.05, 3.63) is 154 Å². The maximum absolute atomic E-state index is 5.23. The molecule has 38 heavy (non-hydrogen) atoms. The molecule has 4 nitrogen and oxygen atoms in total. The van der Waals surface area contributed by atoms with Gasteiger partial charge in [-0.1, -0.05) is 48.5 Å². The molecule has 5 aliphatic heterocycles. The third-order valence-corrected chi connectivity index (χ3v) is 7.04. The molecule has 0 atom stereocenters. The van der Waals surface area contributed by atoms with Gasteiger partial charge in [-0.15, -0.1) is 0 Å². The molecule has 0 saturated carbocycles. The standard InChI is InChI=1S/C34H24N4/c1-21-7-3-5-9-29(21)33-31-19-27-15-13-25(36-27)17-23-11-12-24(35-23)18-26-14-16-28(37-26)20-32(38-31)34(33)30-10-6-4-8-22(30)2/h3-20H,1-2H3. The van der Waals surface area contributed by atoms with Gasteiger partial charge in [-0.05, 0) is 96.9 Å². The smallest absolute Gasteiger partial charge is 0.0744 e. The molecule has 0 N–H and O–H groups in total. The molecule has 5 aliphatic rings. The van der Waals surface area contributed by atoms with Gasteiger partial charge in [0.15, 0.2) is 0 Å². The lowest BCUT2D eigenvalue weighted by Crippen LogP contribution is -2.01. The van der Waals surface area contributed by atoms with Crippen molar-refractivity contribution in [3.8, 4) is 0 Å². The molecule has 7 rings (SSSR count). The van der Waals surface area contributed by atoms with E-state index in [4.69, 9.17) is 20.0 Å². The van der Waals surface area contributed by atoms with Gasteiger partial charge in [0.2, 0.25) is 0 Å². The number of aliphatic imine (C=N–C) groups is 4. The molecule has 2 aromatic rings. The maximum Gasteiger partial charge on any atom is 0.0744 e. The Labute approximate surface area is 222 Å². The van der Waals surface area contributed by atoms with Gasteiger partial charge in [0.25, 0.3) is 0 Å². The zero-order valence-corrected chi connectivity index (χ0v) is 21.2. The number of nitrogens with zero attached hydrogens (tertiary/aromatic N) is 4. The molecule has 5 heterocycles. The molecule has 0 aliphatic carbocycles. The Morgan fingerprint density at radius 2 is 0.921 bits per heavy atom. The van der Waals surface area contributed by atoms with Crippen molar-refractivity contribution in [2.45, 2.75) is 13.8 Å². The molecule has 0 saturated heterocycles. The molecule has 0 unspecified atom stereocenters. The van der Waals surface area contributed by atoms with Crippen LogP contribution < -0.4 is 0 Å². The Morgan fingerprint density at radius 1 is 0.447 bits per heavy atom. The van der Waals surface area contributed by atoms with E-state index >= 15 is 0 Å². The van der Waals surface area contributed by atoms with Crippen molar-refractivity contribution < 1.29 is 0 Å². The highest BCUT2D eigenvalue weighted by molar-refractivity contribution is 6.40. The molecule has 4 heteroatoms. The predicted molar refractivity (Wildman–Crippen MR) is 159 cm³/mol.